The van der Waals surface area contributed by atoms with Crippen molar-refractivity contribution in [1.29, 1.82) is 5.26 Å². The smallest absolute Gasteiger partial charge is 0.696 e. The maximum atomic E-state index is 7.13. The van der Waals surface area contributed by atoms with Gasteiger partial charge < -0.3 is 22.1 Å². The van der Waals surface area contributed by atoms with Crippen LogP contribution in [0.2, 0.25) is 0 Å². The number of nitriles is 1. The summed E-state index contributed by atoms with van der Waals surface area (Å²) in [6.07, 6.45) is 0. The molecule has 0 saturated carbocycles. The predicted molar refractivity (Wildman–Crippen MR) is 29.7 cm³/mol. The SMILES string of the molecule is C1COCO1.N#C[S-].[Li+]. The van der Waals surface area contributed by atoms with Crippen LogP contribution >= 0.6 is 0 Å². The van der Waals surface area contributed by atoms with Crippen molar-refractivity contribution in [3.8, 4) is 5.40 Å². The molecule has 1 aliphatic rings. The van der Waals surface area contributed by atoms with Crippen molar-refractivity contribution in [1.82, 2.24) is 0 Å². The Balaban J connectivity index is 0. The van der Waals surface area contributed by atoms with Gasteiger partial charge in [-0.3, -0.25) is 0 Å². The molecule has 1 saturated heterocycles. The van der Waals surface area contributed by atoms with Crippen LogP contribution in [0.15, 0.2) is 0 Å². The van der Waals surface area contributed by atoms with Gasteiger partial charge in [-0.2, -0.15) is 0 Å². The van der Waals surface area contributed by atoms with E-state index in [1.54, 1.807) is 0 Å². The van der Waals surface area contributed by atoms with Crippen molar-refractivity contribution < 1.29 is 28.3 Å². The minimum Gasteiger partial charge on any atom is -0.696 e. The molecule has 0 amide bonds. The molecule has 1 heterocycles. The Hall–Kier alpha value is 0.227. The van der Waals surface area contributed by atoms with E-state index in [-0.39, 0.29) is 18.9 Å². The maximum absolute atomic E-state index is 7.13. The summed E-state index contributed by atoms with van der Waals surface area (Å²) in [5, 5.41) is 8.47. The van der Waals surface area contributed by atoms with Gasteiger partial charge in [0.1, 0.15) is 6.79 Å². The first-order valence-electron chi connectivity index (χ1n) is 2.08. The van der Waals surface area contributed by atoms with Crippen LogP contribution in [0.25, 0.3) is 0 Å². The number of thiocyanates is 1. The van der Waals surface area contributed by atoms with E-state index in [0.717, 1.165) is 13.2 Å². The summed E-state index contributed by atoms with van der Waals surface area (Å²) in [6, 6.07) is 0. The first kappa shape index (κ1) is 12.0. The summed E-state index contributed by atoms with van der Waals surface area (Å²) < 4.78 is 9.44. The first-order chi connectivity index (χ1) is 3.91. The molecule has 0 spiro atoms. The van der Waals surface area contributed by atoms with E-state index < -0.39 is 0 Å². The molecule has 0 aromatic heterocycles. The molecule has 0 bridgehead atoms. The zero-order chi connectivity index (χ0) is 6.24. The average Bonchev–Trinajstić information content (AvgIpc) is 2.17. The van der Waals surface area contributed by atoms with Crippen molar-refractivity contribution in [2.75, 3.05) is 20.0 Å². The minimum atomic E-state index is 0. The average molecular weight is 139 g/mol. The number of ether oxygens (including phenoxy) is 2. The van der Waals surface area contributed by atoms with Crippen molar-refractivity contribution in [2.45, 2.75) is 0 Å². The van der Waals surface area contributed by atoms with E-state index in [4.69, 9.17) is 14.7 Å². The minimum absolute atomic E-state index is 0. The molecule has 0 aliphatic carbocycles. The largest absolute Gasteiger partial charge is 1.00 e. The standard InChI is InChI=1S/C3H6O2.CHNS.Li/c1-2-5-3-4-1;2-1-3;/h1-3H2;3H;/q;;+1/p-1. The molecule has 0 aromatic rings. The summed E-state index contributed by atoms with van der Waals surface area (Å²) >= 11 is 3.70. The molecule has 9 heavy (non-hydrogen) atoms. The molecule has 5 heteroatoms. The molecule has 3 nitrogen and oxygen atoms in total. The van der Waals surface area contributed by atoms with Crippen LogP contribution < -0.4 is 18.9 Å². The second-order valence-corrected chi connectivity index (χ2v) is 1.21. The summed E-state index contributed by atoms with van der Waals surface area (Å²) in [6.45, 7) is 2.06. The number of nitrogens with zero attached hydrogens (tertiary/aromatic N) is 1. The fourth-order valence-corrected chi connectivity index (χ4v) is 0.295. The Bertz CT molecular complexity index is 73.5. The third-order valence-corrected chi connectivity index (χ3v) is 0.539. The van der Waals surface area contributed by atoms with Gasteiger partial charge in [-0.15, -0.1) is 0 Å². The van der Waals surface area contributed by atoms with E-state index in [1.165, 1.54) is 5.40 Å². The van der Waals surface area contributed by atoms with Gasteiger partial charge in [-0.1, -0.05) is 5.40 Å². The number of rotatable bonds is 0. The predicted octanol–water partition coefficient (Wildman–Crippen LogP) is -2.99. The molecule has 0 atom stereocenters. The van der Waals surface area contributed by atoms with Crippen LogP contribution in [0.4, 0.5) is 0 Å². The second-order valence-electron chi connectivity index (χ2n) is 1.03. The summed E-state index contributed by atoms with van der Waals surface area (Å²) in [5.41, 5.74) is 0. The van der Waals surface area contributed by atoms with Crippen LogP contribution in [0, 0.1) is 10.7 Å². The summed E-state index contributed by atoms with van der Waals surface area (Å²) in [7, 11) is 0. The topological polar surface area (TPSA) is 42.2 Å². The van der Waals surface area contributed by atoms with Crippen molar-refractivity contribution in [3.05, 3.63) is 0 Å². The number of hydrogen-bond acceptors (Lipinski definition) is 4. The molecule has 0 radical (unpaired) electrons. The van der Waals surface area contributed by atoms with E-state index in [9.17, 15) is 0 Å². The van der Waals surface area contributed by atoms with Gasteiger partial charge in [0.2, 0.25) is 0 Å². The van der Waals surface area contributed by atoms with Crippen molar-refractivity contribution >= 4 is 12.6 Å². The molecule has 1 rings (SSSR count). The normalized spacial score (nSPS) is 14.1. The Labute approximate surface area is 71.9 Å². The van der Waals surface area contributed by atoms with Crippen LogP contribution in [0.5, 0.6) is 0 Å². The van der Waals surface area contributed by atoms with Gasteiger partial charge in [0, 0.05) is 0 Å². The fraction of sp³-hybridized carbons (Fsp3) is 0.750. The van der Waals surface area contributed by atoms with Gasteiger partial charge in [0.25, 0.3) is 0 Å². The second kappa shape index (κ2) is 11.1. The van der Waals surface area contributed by atoms with Gasteiger partial charge in [0.05, 0.1) is 13.2 Å². The zero-order valence-electron chi connectivity index (χ0n) is 5.29. The van der Waals surface area contributed by atoms with Gasteiger partial charge >= 0.3 is 18.9 Å². The third-order valence-electron chi connectivity index (χ3n) is 0.539. The van der Waals surface area contributed by atoms with Gasteiger partial charge in [-0.25, -0.2) is 5.26 Å². The maximum Gasteiger partial charge on any atom is 1.00 e. The van der Waals surface area contributed by atoms with E-state index in [2.05, 4.69) is 12.6 Å². The van der Waals surface area contributed by atoms with E-state index in [0.29, 0.717) is 6.79 Å². The summed E-state index contributed by atoms with van der Waals surface area (Å²) in [4.78, 5) is 0. The Morgan fingerprint density at radius 3 is 1.78 bits per heavy atom. The molecule has 0 aromatic carbocycles. The Morgan fingerprint density at radius 2 is 1.67 bits per heavy atom. The molecule has 46 valence electrons. The van der Waals surface area contributed by atoms with Gasteiger partial charge in [0.15, 0.2) is 0 Å². The van der Waals surface area contributed by atoms with Crippen LogP contribution in [-0.4, -0.2) is 20.0 Å². The van der Waals surface area contributed by atoms with Crippen molar-refractivity contribution in [2.24, 2.45) is 0 Å². The van der Waals surface area contributed by atoms with E-state index >= 15 is 0 Å². The molecule has 0 unspecified atom stereocenters. The van der Waals surface area contributed by atoms with Crippen LogP contribution in [0.3, 0.4) is 0 Å². The van der Waals surface area contributed by atoms with Gasteiger partial charge in [-0.05, 0) is 0 Å². The summed E-state index contributed by atoms with van der Waals surface area (Å²) in [5.74, 6) is 0. The molecule has 0 N–H and O–H groups in total. The first-order valence-corrected chi connectivity index (χ1v) is 2.49. The molecular formula is C4H6LiNO2S. The molecular weight excluding hydrogens is 133 g/mol. The van der Waals surface area contributed by atoms with Crippen molar-refractivity contribution in [3.63, 3.8) is 0 Å². The van der Waals surface area contributed by atoms with Crippen LogP contribution in [0.1, 0.15) is 0 Å². The Morgan fingerprint density at radius 1 is 1.33 bits per heavy atom. The molecule has 1 aliphatic heterocycles. The fourth-order valence-electron chi connectivity index (χ4n) is 0.295. The Kier molecular flexibility index (Phi) is 14.7. The van der Waals surface area contributed by atoms with E-state index in [1.807, 2.05) is 0 Å². The molecule has 1 fully saturated rings. The zero-order valence-corrected chi connectivity index (χ0v) is 6.11. The third kappa shape index (κ3) is 11.7. The monoisotopic (exact) mass is 139 g/mol. The van der Waals surface area contributed by atoms with Crippen LogP contribution in [-0.2, 0) is 22.1 Å². The number of hydrogen-bond donors (Lipinski definition) is 0. The quantitative estimate of drug-likeness (QED) is 0.204.